The predicted octanol–water partition coefficient (Wildman–Crippen LogP) is 3.95. The number of thiocarbonyl (C=S) groups is 1. The molecule has 0 radical (unpaired) electrons. The molecular formula is C20H17N3O4S. The molecule has 0 heterocycles. The SMILES string of the molecule is Cc1ccc([N+](=O)[O-])cc1NC(=S)NC(=O)COc1ccc2ccccc2c1. The van der Waals surface area contributed by atoms with Crippen molar-refractivity contribution in [2.45, 2.75) is 6.92 Å². The van der Waals surface area contributed by atoms with Crippen LogP contribution < -0.4 is 15.4 Å². The minimum atomic E-state index is -0.496. The van der Waals surface area contributed by atoms with Crippen LogP contribution in [-0.4, -0.2) is 22.5 Å². The summed E-state index contributed by atoms with van der Waals surface area (Å²) >= 11 is 5.11. The van der Waals surface area contributed by atoms with Crippen LogP contribution in [0, 0.1) is 17.0 Å². The molecule has 2 N–H and O–H groups in total. The Morgan fingerprint density at radius 1 is 1.11 bits per heavy atom. The highest BCUT2D eigenvalue weighted by Gasteiger charge is 2.11. The largest absolute Gasteiger partial charge is 0.484 e. The molecule has 3 rings (SSSR count). The van der Waals surface area contributed by atoms with E-state index in [-0.39, 0.29) is 17.4 Å². The Labute approximate surface area is 166 Å². The number of ether oxygens (including phenoxy) is 1. The molecule has 0 atom stereocenters. The van der Waals surface area contributed by atoms with E-state index in [1.807, 2.05) is 36.4 Å². The summed E-state index contributed by atoms with van der Waals surface area (Å²) in [6, 6.07) is 17.8. The molecule has 0 bridgehead atoms. The first-order chi connectivity index (χ1) is 13.4. The molecule has 7 nitrogen and oxygen atoms in total. The number of benzene rings is 3. The topological polar surface area (TPSA) is 93.5 Å². The molecule has 28 heavy (non-hydrogen) atoms. The minimum absolute atomic E-state index is 0.0377. The van der Waals surface area contributed by atoms with Crippen molar-refractivity contribution in [2.75, 3.05) is 11.9 Å². The van der Waals surface area contributed by atoms with Gasteiger partial charge in [-0.2, -0.15) is 0 Å². The van der Waals surface area contributed by atoms with Gasteiger partial charge in [0.2, 0.25) is 0 Å². The van der Waals surface area contributed by atoms with E-state index in [0.717, 1.165) is 16.3 Å². The molecule has 0 aliphatic carbocycles. The van der Waals surface area contributed by atoms with Gasteiger partial charge in [0.25, 0.3) is 11.6 Å². The van der Waals surface area contributed by atoms with Gasteiger partial charge >= 0.3 is 0 Å². The fraction of sp³-hybridized carbons (Fsp3) is 0.100. The van der Waals surface area contributed by atoms with Gasteiger partial charge in [-0.15, -0.1) is 0 Å². The summed E-state index contributed by atoms with van der Waals surface area (Å²) in [4.78, 5) is 22.5. The average Bonchev–Trinajstić information content (AvgIpc) is 2.67. The van der Waals surface area contributed by atoms with Crippen molar-refractivity contribution in [2.24, 2.45) is 0 Å². The Morgan fingerprint density at radius 2 is 1.86 bits per heavy atom. The van der Waals surface area contributed by atoms with E-state index >= 15 is 0 Å². The van der Waals surface area contributed by atoms with E-state index in [1.165, 1.54) is 12.1 Å². The predicted molar refractivity (Wildman–Crippen MR) is 112 cm³/mol. The average molecular weight is 395 g/mol. The highest BCUT2D eigenvalue weighted by atomic mass is 32.1. The first-order valence-electron chi connectivity index (χ1n) is 8.40. The summed E-state index contributed by atoms with van der Waals surface area (Å²) in [6.07, 6.45) is 0. The number of hydrogen-bond donors (Lipinski definition) is 2. The molecule has 3 aromatic carbocycles. The van der Waals surface area contributed by atoms with Crippen molar-refractivity contribution in [1.82, 2.24) is 5.32 Å². The number of nitro benzene ring substituents is 1. The molecular weight excluding hydrogens is 378 g/mol. The number of aryl methyl sites for hydroxylation is 1. The number of nitro groups is 1. The zero-order valence-corrected chi connectivity index (χ0v) is 15.8. The summed E-state index contributed by atoms with van der Waals surface area (Å²) < 4.78 is 5.51. The van der Waals surface area contributed by atoms with Gasteiger partial charge in [-0.05, 0) is 47.6 Å². The van der Waals surface area contributed by atoms with Crippen molar-refractivity contribution in [3.05, 3.63) is 76.3 Å². The smallest absolute Gasteiger partial charge is 0.271 e. The zero-order valence-electron chi connectivity index (χ0n) is 15.0. The number of anilines is 1. The molecule has 0 unspecified atom stereocenters. The van der Waals surface area contributed by atoms with Gasteiger partial charge in [0.1, 0.15) is 5.75 Å². The standard InChI is InChI=1S/C20H17N3O4S/c1-13-6-8-16(23(25)26)11-18(13)21-20(28)22-19(24)12-27-17-9-7-14-4-2-3-5-15(14)10-17/h2-11H,12H2,1H3,(H2,21,22,24,28). The molecule has 142 valence electrons. The monoisotopic (exact) mass is 395 g/mol. The van der Waals surface area contributed by atoms with Crippen LogP contribution in [0.25, 0.3) is 10.8 Å². The first-order valence-corrected chi connectivity index (χ1v) is 8.81. The fourth-order valence-electron chi connectivity index (χ4n) is 2.58. The van der Waals surface area contributed by atoms with E-state index in [2.05, 4.69) is 10.6 Å². The second-order valence-corrected chi connectivity index (χ2v) is 6.46. The Balaban J connectivity index is 1.56. The van der Waals surface area contributed by atoms with Crippen LogP contribution in [-0.2, 0) is 4.79 Å². The van der Waals surface area contributed by atoms with Crippen LogP contribution in [0.1, 0.15) is 5.56 Å². The van der Waals surface area contributed by atoms with E-state index in [1.54, 1.807) is 19.1 Å². The quantitative estimate of drug-likeness (QED) is 0.386. The van der Waals surface area contributed by atoms with Crippen LogP contribution in [0.5, 0.6) is 5.75 Å². The Bertz CT molecular complexity index is 1070. The Kier molecular flexibility index (Phi) is 5.81. The van der Waals surface area contributed by atoms with E-state index in [9.17, 15) is 14.9 Å². The van der Waals surface area contributed by atoms with Gasteiger partial charge in [-0.1, -0.05) is 36.4 Å². The van der Waals surface area contributed by atoms with Crippen molar-refractivity contribution >= 4 is 45.4 Å². The Hall–Kier alpha value is -3.52. The highest BCUT2D eigenvalue weighted by Crippen LogP contribution is 2.22. The number of rotatable bonds is 5. The number of non-ortho nitro benzene ring substituents is 1. The van der Waals surface area contributed by atoms with E-state index in [0.29, 0.717) is 11.4 Å². The number of nitrogens with zero attached hydrogens (tertiary/aromatic N) is 1. The van der Waals surface area contributed by atoms with Gasteiger partial charge in [0, 0.05) is 17.8 Å². The summed E-state index contributed by atoms with van der Waals surface area (Å²) in [5, 5.41) is 18.3. The lowest BCUT2D eigenvalue weighted by atomic mass is 10.1. The van der Waals surface area contributed by atoms with Crippen molar-refractivity contribution < 1.29 is 14.5 Å². The summed E-state index contributed by atoms with van der Waals surface area (Å²) in [6.45, 7) is 1.56. The maximum atomic E-state index is 12.1. The number of hydrogen-bond acceptors (Lipinski definition) is 5. The van der Waals surface area contributed by atoms with Crippen LogP contribution >= 0.6 is 12.2 Å². The zero-order chi connectivity index (χ0) is 20.1. The number of carbonyl (C=O) groups excluding carboxylic acids is 1. The third kappa shape index (κ3) is 4.80. The molecule has 1 amide bonds. The Morgan fingerprint density at radius 3 is 2.61 bits per heavy atom. The fourth-order valence-corrected chi connectivity index (χ4v) is 2.80. The molecule has 8 heteroatoms. The second-order valence-electron chi connectivity index (χ2n) is 6.06. The van der Waals surface area contributed by atoms with Crippen LogP contribution in [0.15, 0.2) is 60.7 Å². The lowest BCUT2D eigenvalue weighted by Gasteiger charge is -2.12. The second kappa shape index (κ2) is 8.45. The van der Waals surface area contributed by atoms with Crippen LogP contribution in [0.3, 0.4) is 0 Å². The number of carbonyl (C=O) groups is 1. The lowest BCUT2D eigenvalue weighted by molar-refractivity contribution is -0.384. The first kappa shape index (κ1) is 19.2. The number of amides is 1. The van der Waals surface area contributed by atoms with Crippen molar-refractivity contribution in [3.8, 4) is 5.75 Å². The minimum Gasteiger partial charge on any atom is -0.484 e. The van der Waals surface area contributed by atoms with Crippen LogP contribution in [0.2, 0.25) is 0 Å². The van der Waals surface area contributed by atoms with Crippen LogP contribution in [0.4, 0.5) is 11.4 Å². The lowest BCUT2D eigenvalue weighted by Crippen LogP contribution is -2.37. The summed E-state index contributed by atoms with van der Waals surface area (Å²) in [7, 11) is 0. The van der Waals surface area contributed by atoms with E-state index in [4.69, 9.17) is 17.0 Å². The maximum absolute atomic E-state index is 12.1. The molecule has 0 aliphatic heterocycles. The third-order valence-electron chi connectivity index (χ3n) is 4.02. The molecule has 0 fully saturated rings. The van der Waals surface area contributed by atoms with Gasteiger partial charge in [0.15, 0.2) is 11.7 Å². The third-order valence-corrected chi connectivity index (χ3v) is 4.23. The molecule has 3 aromatic rings. The number of nitrogens with one attached hydrogen (secondary N) is 2. The van der Waals surface area contributed by atoms with Gasteiger partial charge in [-0.25, -0.2) is 0 Å². The van der Waals surface area contributed by atoms with E-state index < -0.39 is 10.8 Å². The number of fused-ring (bicyclic) bond motifs is 1. The molecule has 0 saturated carbocycles. The van der Waals surface area contributed by atoms with Gasteiger partial charge in [0.05, 0.1) is 4.92 Å². The molecule has 0 aliphatic rings. The normalized spacial score (nSPS) is 10.3. The molecule has 0 saturated heterocycles. The summed E-state index contributed by atoms with van der Waals surface area (Å²) in [5.41, 5.74) is 1.14. The van der Waals surface area contributed by atoms with Gasteiger partial charge < -0.3 is 10.1 Å². The van der Waals surface area contributed by atoms with Crippen molar-refractivity contribution in [3.63, 3.8) is 0 Å². The molecule has 0 aromatic heterocycles. The maximum Gasteiger partial charge on any atom is 0.271 e. The van der Waals surface area contributed by atoms with Gasteiger partial charge in [-0.3, -0.25) is 20.2 Å². The summed E-state index contributed by atoms with van der Waals surface area (Å²) in [5.74, 6) is 0.135. The molecule has 0 spiro atoms. The highest BCUT2D eigenvalue weighted by molar-refractivity contribution is 7.80. The van der Waals surface area contributed by atoms with Crippen molar-refractivity contribution in [1.29, 1.82) is 0 Å².